The van der Waals surface area contributed by atoms with Crippen LogP contribution in [0.25, 0.3) is 44.4 Å². The van der Waals surface area contributed by atoms with E-state index in [0.29, 0.717) is 45.4 Å². The predicted octanol–water partition coefficient (Wildman–Crippen LogP) is 21.9. The molecular weight excluding hydrogens is 1900 g/mol. The van der Waals surface area contributed by atoms with Gasteiger partial charge >= 0.3 is 0 Å². The molecule has 0 radical (unpaired) electrons. The summed E-state index contributed by atoms with van der Waals surface area (Å²) in [4.78, 5) is 41.6. The van der Waals surface area contributed by atoms with E-state index in [-0.39, 0.29) is 89.0 Å². The summed E-state index contributed by atoms with van der Waals surface area (Å²) in [5, 5.41) is 12.8. The first-order valence-electron chi connectivity index (χ1n) is 34.8. The maximum absolute atomic E-state index is 5.83. The number of aryl methyl sites for hydroxylation is 4. The Kier molecular flexibility index (Phi) is 28.4. The quantitative estimate of drug-likeness (QED) is 0.0798. The molecule has 7 aromatic heterocycles. The Balaban J connectivity index is 0.000000166. The number of oxazole rings is 1. The molecule has 13 nitrogen and oxygen atoms in total. The van der Waals surface area contributed by atoms with Crippen molar-refractivity contribution in [2.75, 3.05) is 0 Å². The van der Waals surface area contributed by atoms with Crippen LogP contribution in [0.5, 0.6) is 11.9 Å². The summed E-state index contributed by atoms with van der Waals surface area (Å²) in [6.45, 7) is 21.9. The summed E-state index contributed by atoms with van der Waals surface area (Å²) in [6, 6.07) is 35.4. The topological polar surface area (TPSA) is 161 Å². The fourth-order valence-electron chi connectivity index (χ4n) is 15.0. The van der Waals surface area contributed by atoms with Gasteiger partial charge in [0.15, 0.2) is 5.89 Å². The van der Waals surface area contributed by atoms with E-state index >= 15 is 0 Å². The van der Waals surface area contributed by atoms with E-state index in [2.05, 4.69) is 139 Å². The first-order chi connectivity index (χ1) is 45.8. The number of fused-ring (bicyclic) bond motifs is 1. The molecule has 538 valence electrons. The van der Waals surface area contributed by atoms with Crippen molar-refractivity contribution in [3.05, 3.63) is 200 Å². The molecule has 11 aromatic rings. The van der Waals surface area contributed by atoms with Crippen LogP contribution in [-0.4, -0.2) is 34.5 Å². The van der Waals surface area contributed by atoms with E-state index < -0.39 is 0 Å². The van der Waals surface area contributed by atoms with Crippen LogP contribution in [0, 0.1) is 37.0 Å². The largest absolute Gasteiger partial charge is 0.663 e. The van der Waals surface area contributed by atoms with Crippen LogP contribution in [0.2, 0.25) is 0 Å². The van der Waals surface area contributed by atoms with Crippen LogP contribution in [0.3, 0.4) is 0 Å². The Labute approximate surface area is 652 Å². The molecule has 4 fully saturated rings. The number of benzene rings is 4. The molecule has 0 N–H and O–H groups in total. The molecule has 99 heavy (non-hydrogen) atoms. The zero-order chi connectivity index (χ0) is 66.2. The molecule has 19 heteroatoms. The molecule has 4 saturated carbocycles. The molecule has 0 saturated heterocycles. The second kappa shape index (κ2) is 35.4. The Morgan fingerprint density at radius 2 is 1.25 bits per heavy atom. The normalized spacial score (nSPS) is 16.6. The fourth-order valence-corrected chi connectivity index (χ4v) is 16.6. The van der Waals surface area contributed by atoms with Crippen molar-refractivity contribution in [2.24, 2.45) is 16.2 Å². The molecule has 0 spiro atoms. The van der Waals surface area contributed by atoms with Crippen LogP contribution in [0.15, 0.2) is 149 Å². The van der Waals surface area contributed by atoms with Gasteiger partial charge in [0.25, 0.3) is 0 Å². The third-order valence-corrected chi connectivity index (χ3v) is 23.0. The van der Waals surface area contributed by atoms with Gasteiger partial charge in [-0.25, -0.2) is 15.0 Å². The monoisotopic (exact) mass is 2000 g/mol. The molecule has 0 bridgehead atoms. The number of thiazole rings is 2. The Hall–Kier alpha value is -5.15. The van der Waals surface area contributed by atoms with Crippen LogP contribution in [-0.2, 0) is 107 Å². The Morgan fingerprint density at radius 3 is 1.93 bits per heavy atom. The zero-order valence-corrected chi connectivity index (χ0v) is 68.9. The van der Waals surface area contributed by atoms with Crippen LogP contribution in [0.1, 0.15) is 220 Å². The molecule has 0 amide bonds. The molecular formula is C80H95N11O2PdPt3S2-4. The first-order valence-corrected chi connectivity index (χ1v) is 36.6. The van der Waals surface area contributed by atoms with Gasteiger partial charge in [0.2, 0.25) is 5.88 Å². The van der Waals surface area contributed by atoms with Crippen molar-refractivity contribution in [1.82, 2.24) is 49.4 Å². The summed E-state index contributed by atoms with van der Waals surface area (Å²) >= 11 is 3.50. The molecule has 1 unspecified atom stereocenters. The van der Waals surface area contributed by atoms with Gasteiger partial charge in [-0.3, -0.25) is 4.57 Å². The van der Waals surface area contributed by atoms with Crippen molar-refractivity contribution in [3.63, 3.8) is 0 Å². The first kappa shape index (κ1) is 79.5. The Morgan fingerprint density at radius 1 is 0.626 bits per heavy atom. The Bertz CT molecular complexity index is 4260. The minimum Gasteiger partial charge on any atom is -0.663 e. The standard InChI is InChI=1S/C22H23N2S.C21H25N4O.C19H21N2S.C18H26N3O.Pd.3Pt/c1-22(13-7-8-14-22)15-21-24-20(16-25-21)18-11-5-6-12-19(18)23-17-9-3-2-4-10-17;1-15(21(3)11-7-8-12-21)18-13-22-20(24-18)26-19-14-25(16(2)23-19)17-9-5-4-6-10-17;1-13-21-17(12-22-13)15-8-6-7-14-16(11-20-18(14)15)19(2)9-4-3-5-10-19;1-13-20-15(12-22-13)17(2,3)16-19-11-14(21-16)7-10-18(4)8-5-6-9-18;;;;/h2-6,9-12,16H,7-8,13-15H2,1H3;4-6,9-10,13-15H,7-8,11-12H2,1-3H3;6-8,11-12H,3-5,9-10H2,1-2H3;11-12H,5-10H2,1-4H3;;;;/q4*-1;;;;. The minimum atomic E-state index is -0.312. The maximum Gasteiger partial charge on any atom is 0.237 e. The number of imidazole rings is 3. The van der Waals surface area contributed by atoms with Crippen molar-refractivity contribution < 1.29 is 92.8 Å². The van der Waals surface area contributed by atoms with Gasteiger partial charge in [-0.05, 0) is 134 Å². The smallest absolute Gasteiger partial charge is 0.237 e. The average Bonchev–Trinajstić information content (AvgIpc) is 1.65. The predicted molar refractivity (Wildman–Crippen MR) is 387 cm³/mol. The molecule has 1 atom stereocenters. The van der Waals surface area contributed by atoms with Crippen LogP contribution < -0.4 is 19.7 Å². The van der Waals surface area contributed by atoms with E-state index in [0.717, 1.165) is 86.1 Å². The number of rotatable bonds is 17. The summed E-state index contributed by atoms with van der Waals surface area (Å²) in [5.41, 5.74) is 14.3. The molecule has 4 aliphatic rings. The van der Waals surface area contributed by atoms with Gasteiger partial charge in [0.1, 0.15) is 18.1 Å². The van der Waals surface area contributed by atoms with Gasteiger partial charge < -0.3 is 39.4 Å². The van der Waals surface area contributed by atoms with E-state index in [1.54, 1.807) is 28.9 Å². The number of hydrogen-bond donors (Lipinski definition) is 0. The summed E-state index contributed by atoms with van der Waals surface area (Å²) < 4.78 is 13.2. The van der Waals surface area contributed by atoms with Gasteiger partial charge in [0.05, 0.1) is 33.3 Å². The van der Waals surface area contributed by atoms with Gasteiger partial charge in [0, 0.05) is 119 Å². The number of ether oxygens (including phenoxy) is 1. The third kappa shape index (κ3) is 19.6. The number of aromatic nitrogens is 10. The summed E-state index contributed by atoms with van der Waals surface area (Å²) in [7, 11) is 0. The number of hydrogen-bond acceptors (Lipinski definition) is 10. The SMILES string of the molecule is CC1(Cc2nc(-c3ccccc3[N-]c3ccccc3)cs2)CCCC1.Cc1nc(-c2cccc3c(C4(C)CCCCC4)c[n-]c23)cs1.Cc1nc(C(C)(C)c2nc(CCC3(C)CCCC3)c[n-]2)co1.Cc1nc(Oc2nc(C(C)C3(C)CCCC3)c[n-]2)cn1-c1ccccc1.[Pd].[Pt].[Pt].[Pt]. The van der Waals surface area contributed by atoms with E-state index in [9.17, 15) is 0 Å². The van der Waals surface area contributed by atoms with Crippen molar-refractivity contribution in [1.29, 1.82) is 0 Å². The van der Waals surface area contributed by atoms with Crippen molar-refractivity contribution in [2.45, 2.75) is 214 Å². The third-order valence-electron chi connectivity index (χ3n) is 21.3. The molecule has 0 aliphatic heterocycles. The van der Waals surface area contributed by atoms with Crippen molar-refractivity contribution in [3.8, 4) is 40.1 Å². The average molecular weight is 2000 g/mol. The molecule has 15 rings (SSSR count). The summed E-state index contributed by atoms with van der Waals surface area (Å²) in [5.74, 6) is 3.29. The molecule has 4 aliphatic carbocycles. The van der Waals surface area contributed by atoms with Gasteiger partial charge in [-0.1, -0.05) is 232 Å². The van der Waals surface area contributed by atoms with E-state index in [1.807, 2.05) is 104 Å². The van der Waals surface area contributed by atoms with Crippen LogP contribution in [0.4, 0.5) is 11.4 Å². The minimum absolute atomic E-state index is 0. The van der Waals surface area contributed by atoms with E-state index in [1.165, 1.54) is 137 Å². The second-order valence-electron chi connectivity index (χ2n) is 29.2. The zero-order valence-electron chi connectivity index (χ0n) is 58.9. The van der Waals surface area contributed by atoms with Gasteiger partial charge in [-0.2, -0.15) is 11.2 Å². The van der Waals surface area contributed by atoms with Crippen LogP contribution >= 0.6 is 22.7 Å². The molecule has 4 aromatic carbocycles. The second-order valence-corrected chi connectivity index (χ2v) is 31.2. The van der Waals surface area contributed by atoms with Gasteiger partial charge in [-0.15, -0.1) is 39.6 Å². The fraction of sp³-hybridized carbons (Fsp3) is 0.450. The number of nitrogens with zero attached hydrogens (tertiary/aromatic N) is 11. The van der Waals surface area contributed by atoms with Crippen molar-refractivity contribution >= 4 is 45.0 Å². The van der Waals surface area contributed by atoms with E-state index in [4.69, 9.17) is 29.4 Å². The molecule has 7 heterocycles. The maximum atomic E-state index is 5.83. The number of para-hydroxylation sites is 4. The summed E-state index contributed by atoms with van der Waals surface area (Å²) in [6.07, 6.45) is 35.5.